The molecule has 0 amide bonds. The third-order valence-corrected chi connectivity index (χ3v) is 3.82. The maximum absolute atomic E-state index is 10.8. The van der Waals surface area contributed by atoms with Gasteiger partial charge in [-0.15, -0.1) is 11.3 Å². The summed E-state index contributed by atoms with van der Waals surface area (Å²) in [6.45, 7) is 0.465. The average Bonchev–Trinajstić information content (AvgIpc) is 2.87. The molecule has 2 N–H and O–H groups in total. The number of nitriles is 1. The summed E-state index contributed by atoms with van der Waals surface area (Å²) in [4.78, 5) is 11.9. The van der Waals surface area contributed by atoms with Gasteiger partial charge in [-0.1, -0.05) is 11.6 Å². The van der Waals surface area contributed by atoms with Gasteiger partial charge in [0.05, 0.1) is 22.3 Å². The van der Waals surface area contributed by atoms with Crippen molar-refractivity contribution in [2.75, 3.05) is 5.32 Å². The van der Waals surface area contributed by atoms with E-state index in [2.05, 4.69) is 5.32 Å². The molecule has 0 spiro atoms. The van der Waals surface area contributed by atoms with Crippen molar-refractivity contribution in [2.24, 2.45) is 0 Å². The highest BCUT2D eigenvalue weighted by atomic mass is 35.5. The molecule has 0 saturated heterocycles. The Morgan fingerprint density at radius 1 is 1.42 bits per heavy atom. The molecule has 1 aromatic heterocycles. The summed E-state index contributed by atoms with van der Waals surface area (Å²) in [7, 11) is 0. The predicted molar refractivity (Wildman–Crippen MR) is 74.8 cm³/mol. The molecular formula is C13H9ClN2O2S. The van der Waals surface area contributed by atoms with E-state index in [1.165, 1.54) is 11.3 Å². The fourth-order valence-electron chi connectivity index (χ4n) is 1.50. The molecule has 0 aliphatic heterocycles. The number of carboxylic acid groups (broad SMARTS) is 1. The summed E-state index contributed by atoms with van der Waals surface area (Å²) in [6.07, 6.45) is 0. The minimum atomic E-state index is -0.930. The van der Waals surface area contributed by atoms with Crippen molar-refractivity contribution in [1.29, 1.82) is 5.26 Å². The van der Waals surface area contributed by atoms with E-state index in [1.807, 2.05) is 6.07 Å². The number of hydrogen-bond donors (Lipinski definition) is 2. The van der Waals surface area contributed by atoms with Crippen molar-refractivity contribution in [2.45, 2.75) is 6.54 Å². The van der Waals surface area contributed by atoms with Gasteiger partial charge in [-0.25, -0.2) is 4.79 Å². The number of carboxylic acids is 1. The van der Waals surface area contributed by atoms with Crippen LogP contribution in [0.25, 0.3) is 0 Å². The summed E-state index contributed by atoms with van der Waals surface area (Å²) >= 11 is 7.22. The fraction of sp³-hybridized carbons (Fsp3) is 0.0769. The van der Waals surface area contributed by atoms with Crippen LogP contribution in [0.3, 0.4) is 0 Å². The van der Waals surface area contributed by atoms with E-state index in [-0.39, 0.29) is 0 Å². The molecule has 0 saturated carbocycles. The highest BCUT2D eigenvalue weighted by Crippen LogP contribution is 2.24. The van der Waals surface area contributed by atoms with Gasteiger partial charge in [-0.3, -0.25) is 0 Å². The number of benzene rings is 1. The zero-order valence-corrected chi connectivity index (χ0v) is 11.3. The lowest BCUT2D eigenvalue weighted by Crippen LogP contribution is -1.98. The van der Waals surface area contributed by atoms with Crippen molar-refractivity contribution in [1.82, 2.24) is 0 Å². The Bertz CT molecular complexity index is 661. The first kappa shape index (κ1) is 13.4. The largest absolute Gasteiger partial charge is 0.477 e. The lowest BCUT2D eigenvalue weighted by molar-refractivity contribution is 0.0702. The van der Waals surface area contributed by atoms with Gasteiger partial charge in [-0.05, 0) is 30.3 Å². The molecule has 2 rings (SSSR count). The number of nitrogens with zero attached hydrogens (tertiary/aromatic N) is 1. The van der Waals surface area contributed by atoms with Crippen LogP contribution in [-0.4, -0.2) is 11.1 Å². The molecule has 2 aromatic rings. The summed E-state index contributed by atoms with van der Waals surface area (Å²) < 4.78 is 0. The molecule has 4 nitrogen and oxygen atoms in total. The predicted octanol–water partition coefficient (Wildman–Crippen LogP) is 3.58. The number of carbonyl (C=O) groups is 1. The SMILES string of the molecule is N#Cc1ccc(Cl)c(NCc2ccc(C(=O)O)s2)c1. The number of hydrogen-bond acceptors (Lipinski definition) is 4. The second-order valence-electron chi connectivity index (χ2n) is 3.73. The average molecular weight is 293 g/mol. The van der Waals surface area contributed by atoms with Crippen LogP contribution in [0, 0.1) is 11.3 Å². The Labute approximate surface area is 118 Å². The molecule has 0 aliphatic carbocycles. The molecule has 0 fully saturated rings. The summed E-state index contributed by atoms with van der Waals surface area (Å²) in [5, 5.41) is 21.3. The quantitative estimate of drug-likeness (QED) is 0.903. The molecule has 1 aromatic carbocycles. The summed E-state index contributed by atoms with van der Waals surface area (Å²) in [6, 6.07) is 10.3. The van der Waals surface area contributed by atoms with Gasteiger partial charge in [-0.2, -0.15) is 5.26 Å². The smallest absolute Gasteiger partial charge is 0.345 e. The fourth-order valence-corrected chi connectivity index (χ4v) is 2.47. The number of anilines is 1. The first-order chi connectivity index (χ1) is 9.10. The van der Waals surface area contributed by atoms with Crippen LogP contribution >= 0.6 is 22.9 Å². The Hall–Kier alpha value is -2.03. The van der Waals surface area contributed by atoms with Gasteiger partial charge in [0.25, 0.3) is 0 Å². The van der Waals surface area contributed by atoms with Gasteiger partial charge in [0, 0.05) is 11.4 Å². The highest BCUT2D eigenvalue weighted by Gasteiger charge is 2.07. The number of rotatable bonds is 4. The van der Waals surface area contributed by atoms with Crippen LogP contribution in [0.1, 0.15) is 20.1 Å². The van der Waals surface area contributed by atoms with Crippen molar-refractivity contribution in [3.05, 3.63) is 50.7 Å². The van der Waals surface area contributed by atoms with Crippen LogP contribution in [-0.2, 0) is 6.54 Å². The second kappa shape index (κ2) is 5.74. The van der Waals surface area contributed by atoms with Gasteiger partial charge in [0.1, 0.15) is 4.88 Å². The van der Waals surface area contributed by atoms with Crippen LogP contribution in [0.2, 0.25) is 5.02 Å². The molecule has 0 bridgehead atoms. The summed E-state index contributed by atoms with van der Waals surface area (Å²) in [5.41, 5.74) is 1.18. The Kier molecular flexibility index (Phi) is 4.05. The molecule has 19 heavy (non-hydrogen) atoms. The zero-order chi connectivity index (χ0) is 13.8. The van der Waals surface area contributed by atoms with Crippen molar-refractivity contribution >= 4 is 34.6 Å². The minimum absolute atomic E-state index is 0.300. The number of halogens is 1. The second-order valence-corrected chi connectivity index (χ2v) is 5.31. The third-order valence-electron chi connectivity index (χ3n) is 2.42. The topological polar surface area (TPSA) is 73.1 Å². The van der Waals surface area contributed by atoms with Gasteiger partial charge < -0.3 is 10.4 Å². The van der Waals surface area contributed by atoms with E-state index in [0.717, 1.165) is 4.88 Å². The lowest BCUT2D eigenvalue weighted by atomic mass is 10.2. The molecule has 6 heteroatoms. The zero-order valence-electron chi connectivity index (χ0n) is 9.68. The molecule has 0 aliphatic rings. The van der Waals surface area contributed by atoms with Gasteiger partial charge >= 0.3 is 5.97 Å². The van der Waals surface area contributed by atoms with E-state index in [4.69, 9.17) is 22.0 Å². The van der Waals surface area contributed by atoms with Crippen LogP contribution < -0.4 is 5.32 Å². The Morgan fingerprint density at radius 3 is 2.84 bits per heavy atom. The minimum Gasteiger partial charge on any atom is -0.477 e. The number of aromatic carboxylic acids is 1. The molecule has 1 heterocycles. The first-order valence-corrected chi connectivity index (χ1v) is 6.55. The summed E-state index contributed by atoms with van der Waals surface area (Å²) in [5.74, 6) is -0.930. The van der Waals surface area contributed by atoms with Crippen LogP contribution in [0.15, 0.2) is 30.3 Å². The van der Waals surface area contributed by atoms with E-state index in [9.17, 15) is 4.79 Å². The van der Waals surface area contributed by atoms with E-state index in [1.54, 1.807) is 30.3 Å². The van der Waals surface area contributed by atoms with Crippen LogP contribution in [0.5, 0.6) is 0 Å². The van der Waals surface area contributed by atoms with Gasteiger partial charge in [0.2, 0.25) is 0 Å². The standard InChI is InChI=1S/C13H9ClN2O2S/c14-10-3-1-8(6-15)5-11(10)16-7-9-2-4-12(19-9)13(17)18/h1-5,16H,7H2,(H,17,18). The molecule has 0 unspecified atom stereocenters. The lowest BCUT2D eigenvalue weighted by Gasteiger charge is -2.07. The Morgan fingerprint density at radius 2 is 2.21 bits per heavy atom. The Balaban J connectivity index is 2.09. The van der Waals surface area contributed by atoms with Crippen LogP contribution in [0.4, 0.5) is 5.69 Å². The van der Waals surface area contributed by atoms with Crippen molar-refractivity contribution < 1.29 is 9.90 Å². The normalized spacial score (nSPS) is 9.89. The van der Waals surface area contributed by atoms with E-state index in [0.29, 0.717) is 27.7 Å². The van der Waals surface area contributed by atoms with E-state index < -0.39 is 5.97 Å². The molecule has 0 radical (unpaired) electrons. The van der Waals surface area contributed by atoms with E-state index >= 15 is 0 Å². The van der Waals surface area contributed by atoms with Crippen molar-refractivity contribution in [3.63, 3.8) is 0 Å². The molecule has 96 valence electrons. The van der Waals surface area contributed by atoms with Crippen molar-refractivity contribution in [3.8, 4) is 6.07 Å². The number of thiophene rings is 1. The monoisotopic (exact) mass is 292 g/mol. The highest BCUT2D eigenvalue weighted by molar-refractivity contribution is 7.13. The first-order valence-electron chi connectivity index (χ1n) is 5.35. The molecule has 0 atom stereocenters. The molecular weight excluding hydrogens is 284 g/mol. The third kappa shape index (κ3) is 3.25. The maximum Gasteiger partial charge on any atom is 0.345 e. The maximum atomic E-state index is 10.8. The van der Waals surface area contributed by atoms with Gasteiger partial charge in [0.15, 0.2) is 0 Å². The number of nitrogens with one attached hydrogen (secondary N) is 1.